The molecule has 0 radical (unpaired) electrons. The second kappa shape index (κ2) is 8.38. The lowest BCUT2D eigenvalue weighted by Gasteiger charge is -2.36. The highest BCUT2D eigenvalue weighted by atomic mass is 19.1. The molecule has 0 aromatic heterocycles. The second-order valence-electron chi connectivity index (χ2n) is 7.77. The minimum absolute atomic E-state index is 0.0800. The van der Waals surface area contributed by atoms with Crippen LogP contribution in [-0.4, -0.2) is 26.0 Å². The lowest BCUT2D eigenvalue weighted by Crippen LogP contribution is -2.36. The van der Waals surface area contributed by atoms with E-state index in [2.05, 4.69) is 5.32 Å². The fourth-order valence-corrected chi connectivity index (χ4v) is 4.66. The number of ether oxygens (including phenoxy) is 2. The Kier molecular flexibility index (Phi) is 5.63. The normalized spacial score (nSPS) is 20.8. The summed E-state index contributed by atoms with van der Waals surface area (Å²) in [5, 5.41) is 3.24. The Morgan fingerprint density at radius 2 is 1.71 bits per heavy atom. The third-order valence-corrected chi connectivity index (χ3v) is 6.03. The average molecular weight is 421 g/mol. The Hall–Kier alpha value is -3.41. The molecule has 4 rings (SSSR count). The first-order chi connectivity index (χ1) is 15.0. The number of hydrogen-bond donors (Lipinski definition) is 1. The summed E-state index contributed by atoms with van der Waals surface area (Å²) in [5.74, 6) is -1.32. The fraction of sp³-hybridized carbons (Fsp3) is 0.280. The Morgan fingerprint density at radius 1 is 1.03 bits per heavy atom. The van der Waals surface area contributed by atoms with Gasteiger partial charge in [-0.25, -0.2) is 9.18 Å². The van der Waals surface area contributed by atoms with Gasteiger partial charge >= 0.3 is 5.97 Å². The van der Waals surface area contributed by atoms with Gasteiger partial charge in [-0.3, -0.25) is 4.79 Å². The number of para-hydroxylation sites is 1. The topological polar surface area (TPSA) is 64.6 Å². The van der Waals surface area contributed by atoms with Crippen molar-refractivity contribution in [2.75, 3.05) is 14.2 Å². The van der Waals surface area contributed by atoms with Gasteiger partial charge in [-0.05, 0) is 31.0 Å². The van der Waals surface area contributed by atoms with Crippen LogP contribution >= 0.6 is 0 Å². The molecule has 1 N–H and O–H groups in total. The van der Waals surface area contributed by atoms with Gasteiger partial charge in [0.25, 0.3) is 0 Å². The van der Waals surface area contributed by atoms with Crippen molar-refractivity contribution in [2.45, 2.75) is 31.6 Å². The number of dihydropyridines is 1. The van der Waals surface area contributed by atoms with Gasteiger partial charge in [0.15, 0.2) is 5.78 Å². The summed E-state index contributed by atoms with van der Waals surface area (Å²) in [6.07, 6.45) is 0.803. The third-order valence-electron chi connectivity index (χ3n) is 6.03. The summed E-state index contributed by atoms with van der Waals surface area (Å²) in [6, 6.07) is 13.9. The van der Waals surface area contributed by atoms with Crippen LogP contribution in [0.5, 0.6) is 5.75 Å². The Balaban J connectivity index is 1.84. The number of benzene rings is 2. The van der Waals surface area contributed by atoms with Crippen LogP contribution in [0.4, 0.5) is 4.39 Å². The van der Waals surface area contributed by atoms with Crippen molar-refractivity contribution in [3.8, 4) is 5.75 Å². The van der Waals surface area contributed by atoms with Gasteiger partial charge in [0.05, 0.1) is 25.7 Å². The highest BCUT2D eigenvalue weighted by Crippen LogP contribution is 2.47. The monoisotopic (exact) mass is 421 g/mol. The van der Waals surface area contributed by atoms with Crippen LogP contribution in [0.2, 0.25) is 0 Å². The van der Waals surface area contributed by atoms with Crippen molar-refractivity contribution < 1.29 is 23.5 Å². The van der Waals surface area contributed by atoms with E-state index in [1.54, 1.807) is 32.2 Å². The molecule has 0 fully saturated rings. The van der Waals surface area contributed by atoms with E-state index in [1.165, 1.54) is 13.2 Å². The van der Waals surface area contributed by atoms with E-state index in [9.17, 15) is 14.0 Å². The average Bonchev–Trinajstić information content (AvgIpc) is 2.78. The predicted molar refractivity (Wildman–Crippen MR) is 114 cm³/mol. The van der Waals surface area contributed by atoms with Gasteiger partial charge in [-0.2, -0.15) is 0 Å². The summed E-state index contributed by atoms with van der Waals surface area (Å²) >= 11 is 0. The second-order valence-corrected chi connectivity index (χ2v) is 7.77. The van der Waals surface area contributed by atoms with Crippen molar-refractivity contribution in [3.05, 3.63) is 88.0 Å². The molecule has 1 aliphatic heterocycles. The van der Waals surface area contributed by atoms with E-state index < -0.39 is 17.7 Å². The van der Waals surface area contributed by atoms with Crippen molar-refractivity contribution in [2.24, 2.45) is 0 Å². The molecule has 1 heterocycles. The first kappa shape index (κ1) is 20.8. The minimum atomic E-state index is -0.809. The van der Waals surface area contributed by atoms with E-state index >= 15 is 0 Å². The van der Waals surface area contributed by atoms with E-state index in [-0.39, 0.29) is 23.7 Å². The number of carbonyl (C=O) groups excluding carboxylic acids is 2. The minimum Gasteiger partial charge on any atom is -0.496 e. The molecule has 0 saturated heterocycles. The number of esters is 1. The predicted octanol–water partition coefficient (Wildman–Crippen LogP) is 4.37. The zero-order chi connectivity index (χ0) is 22.1. The lowest BCUT2D eigenvalue weighted by molar-refractivity contribution is -0.136. The first-order valence-corrected chi connectivity index (χ1v) is 10.2. The number of rotatable bonds is 4. The highest BCUT2D eigenvalue weighted by molar-refractivity contribution is 6.04. The quantitative estimate of drug-likeness (QED) is 0.743. The van der Waals surface area contributed by atoms with Gasteiger partial charge in [0.2, 0.25) is 0 Å². The van der Waals surface area contributed by atoms with Gasteiger partial charge < -0.3 is 14.8 Å². The summed E-state index contributed by atoms with van der Waals surface area (Å²) in [5.41, 5.74) is 3.21. The summed E-state index contributed by atoms with van der Waals surface area (Å²) in [4.78, 5) is 26.1. The number of carbonyl (C=O) groups is 2. The molecule has 0 amide bonds. The van der Waals surface area contributed by atoms with Crippen LogP contribution < -0.4 is 10.1 Å². The zero-order valence-corrected chi connectivity index (χ0v) is 17.7. The Bertz CT molecular complexity index is 1120. The molecule has 1 aliphatic carbocycles. The summed E-state index contributed by atoms with van der Waals surface area (Å²) < 4.78 is 25.3. The van der Waals surface area contributed by atoms with E-state index in [0.717, 1.165) is 11.3 Å². The van der Waals surface area contributed by atoms with Crippen LogP contribution in [0.25, 0.3) is 0 Å². The number of halogens is 1. The molecule has 160 valence electrons. The smallest absolute Gasteiger partial charge is 0.336 e. The number of allylic oxidation sites excluding steroid dienone is 3. The third kappa shape index (κ3) is 3.63. The Morgan fingerprint density at radius 3 is 2.39 bits per heavy atom. The molecule has 0 spiro atoms. The molecule has 2 aromatic carbocycles. The number of ketones is 1. The molecule has 2 atom stereocenters. The zero-order valence-electron chi connectivity index (χ0n) is 17.7. The first-order valence-electron chi connectivity index (χ1n) is 10.2. The molecule has 0 saturated carbocycles. The molecule has 6 heteroatoms. The maximum Gasteiger partial charge on any atom is 0.336 e. The van der Waals surface area contributed by atoms with E-state index in [1.807, 2.05) is 24.3 Å². The molecule has 31 heavy (non-hydrogen) atoms. The fourth-order valence-electron chi connectivity index (χ4n) is 4.66. The van der Waals surface area contributed by atoms with Gasteiger partial charge in [0, 0.05) is 34.9 Å². The molecule has 2 aromatic rings. The van der Waals surface area contributed by atoms with Crippen molar-refractivity contribution >= 4 is 11.8 Å². The molecule has 2 unspecified atom stereocenters. The number of nitrogens with one attached hydrogen (secondary N) is 1. The SMILES string of the molecule is COC(=O)C1=C(C)NC2=C(C(=O)CC(c3ccccc3OC)C2)C1c1ccccc1F. The van der Waals surface area contributed by atoms with Gasteiger partial charge in [-0.1, -0.05) is 36.4 Å². The van der Waals surface area contributed by atoms with Crippen molar-refractivity contribution in [3.63, 3.8) is 0 Å². The van der Waals surface area contributed by atoms with E-state index in [0.29, 0.717) is 29.0 Å². The molecular formula is C25H24FNO4. The maximum atomic E-state index is 14.8. The van der Waals surface area contributed by atoms with E-state index in [4.69, 9.17) is 9.47 Å². The largest absolute Gasteiger partial charge is 0.496 e. The van der Waals surface area contributed by atoms with Gasteiger partial charge in [-0.15, -0.1) is 0 Å². The highest BCUT2D eigenvalue weighted by Gasteiger charge is 2.42. The van der Waals surface area contributed by atoms with Crippen molar-refractivity contribution in [1.29, 1.82) is 0 Å². The molecule has 2 aliphatic rings. The van der Waals surface area contributed by atoms with Crippen molar-refractivity contribution in [1.82, 2.24) is 5.32 Å². The lowest BCUT2D eigenvalue weighted by atomic mass is 9.71. The van der Waals surface area contributed by atoms with Crippen LogP contribution in [0.3, 0.4) is 0 Å². The molecular weight excluding hydrogens is 397 g/mol. The Labute approximate surface area is 180 Å². The number of methoxy groups -OCH3 is 2. The number of hydrogen-bond acceptors (Lipinski definition) is 5. The van der Waals surface area contributed by atoms with Crippen LogP contribution in [0, 0.1) is 5.82 Å². The molecule has 0 bridgehead atoms. The van der Waals surface area contributed by atoms with Crippen LogP contribution in [0.1, 0.15) is 42.7 Å². The van der Waals surface area contributed by atoms with Crippen LogP contribution in [0.15, 0.2) is 71.1 Å². The standard InChI is InChI=1S/C25H24FNO4/c1-14-22(25(29)31-3)23(17-9-4-6-10-18(17)26)24-19(27-14)12-15(13-20(24)28)16-8-5-7-11-21(16)30-2/h4-11,15,23,27H,12-13H2,1-3H3. The maximum absolute atomic E-state index is 14.8. The molecule has 5 nitrogen and oxygen atoms in total. The summed E-state index contributed by atoms with van der Waals surface area (Å²) in [6.45, 7) is 1.75. The summed E-state index contributed by atoms with van der Waals surface area (Å²) in [7, 11) is 2.89. The number of Topliss-reactive ketones (excluding diaryl/α,β-unsaturated/α-hetero) is 1. The van der Waals surface area contributed by atoms with Gasteiger partial charge in [0.1, 0.15) is 11.6 Å². The van der Waals surface area contributed by atoms with Crippen LogP contribution in [-0.2, 0) is 14.3 Å².